The molecule has 2 saturated heterocycles. The van der Waals surface area contributed by atoms with Gasteiger partial charge in [0.2, 0.25) is 0 Å². The van der Waals surface area contributed by atoms with Crippen LogP contribution in [0.4, 0.5) is 4.79 Å². The third-order valence-electron chi connectivity index (χ3n) is 4.23. The van der Waals surface area contributed by atoms with E-state index < -0.39 is 0 Å². The maximum Gasteiger partial charge on any atom is 0.320 e. The van der Waals surface area contributed by atoms with E-state index in [2.05, 4.69) is 6.92 Å². The number of amides is 2. The number of carbonyl (C=O) groups excluding carboxylic acids is 1. The minimum Gasteiger partial charge on any atom is -0.328 e. The molecule has 2 N–H and O–H groups in total. The number of urea groups is 1. The number of piperidine rings is 2. The summed E-state index contributed by atoms with van der Waals surface area (Å²) in [7, 11) is 0. The summed E-state index contributed by atoms with van der Waals surface area (Å²) in [5, 5.41) is 0. The monoisotopic (exact) mass is 239 g/mol. The fourth-order valence-corrected chi connectivity index (χ4v) is 3.11. The Morgan fingerprint density at radius 3 is 2.53 bits per heavy atom. The Morgan fingerprint density at radius 1 is 1.18 bits per heavy atom. The highest BCUT2D eigenvalue weighted by Gasteiger charge is 2.33. The van der Waals surface area contributed by atoms with Crippen LogP contribution in [0.2, 0.25) is 0 Å². The molecule has 2 atom stereocenters. The molecular formula is C13H25N3O. The SMILES string of the molecule is CC1CCCN(C(=O)N2CCCCC2)C1CN. The summed E-state index contributed by atoms with van der Waals surface area (Å²) in [4.78, 5) is 16.5. The van der Waals surface area contributed by atoms with E-state index in [0.29, 0.717) is 12.5 Å². The Kier molecular flexibility index (Phi) is 4.26. The second kappa shape index (κ2) is 5.71. The molecule has 0 aromatic heterocycles. The quantitative estimate of drug-likeness (QED) is 0.756. The number of nitrogens with two attached hydrogens (primary N) is 1. The molecule has 2 rings (SSSR count). The lowest BCUT2D eigenvalue weighted by atomic mass is 9.91. The van der Waals surface area contributed by atoms with E-state index in [1.54, 1.807) is 0 Å². The molecule has 0 aliphatic carbocycles. The third kappa shape index (κ3) is 2.73. The topological polar surface area (TPSA) is 49.6 Å². The zero-order valence-electron chi connectivity index (χ0n) is 10.9. The molecule has 2 aliphatic heterocycles. The van der Waals surface area contributed by atoms with Crippen LogP contribution in [0.25, 0.3) is 0 Å². The molecule has 17 heavy (non-hydrogen) atoms. The summed E-state index contributed by atoms with van der Waals surface area (Å²) in [6, 6.07) is 0.477. The molecule has 0 bridgehead atoms. The first kappa shape index (κ1) is 12.7. The number of hydrogen-bond acceptors (Lipinski definition) is 2. The first-order valence-electron chi connectivity index (χ1n) is 6.99. The molecule has 2 heterocycles. The van der Waals surface area contributed by atoms with Crippen LogP contribution in [0.15, 0.2) is 0 Å². The van der Waals surface area contributed by atoms with Gasteiger partial charge in [-0.15, -0.1) is 0 Å². The van der Waals surface area contributed by atoms with Crippen LogP contribution in [-0.4, -0.2) is 48.1 Å². The molecule has 0 aromatic rings. The van der Waals surface area contributed by atoms with Crippen LogP contribution in [0.1, 0.15) is 39.0 Å². The normalized spacial score (nSPS) is 30.5. The van der Waals surface area contributed by atoms with Crippen molar-refractivity contribution < 1.29 is 4.79 Å². The maximum atomic E-state index is 12.5. The Labute approximate surface area is 104 Å². The first-order chi connectivity index (χ1) is 8.24. The molecule has 4 nitrogen and oxygen atoms in total. The van der Waals surface area contributed by atoms with Gasteiger partial charge in [-0.2, -0.15) is 0 Å². The maximum absolute atomic E-state index is 12.5. The molecule has 0 radical (unpaired) electrons. The number of hydrogen-bond donors (Lipinski definition) is 1. The van der Waals surface area contributed by atoms with Crippen molar-refractivity contribution in [1.29, 1.82) is 0 Å². The first-order valence-corrected chi connectivity index (χ1v) is 6.99. The van der Waals surface area contributed by atoms with Crippen molar-refractivity contribution >= 4 is 6.03 Å². The highest BCUT2D eigenvalue weighted by molar-refractivity contribution is 5.75. The van der Waals surface area contributed by atoms with Gasteiger partial charge in [0.25, 0.3) is 0 Å². The number of carbonyl (C=O) groups is 1. The highest BCUT2D eigenvalue weighted by atomic mass is 16.2. The minimum atomic E-state index is 0.228. The largest absolute Gasteiger partial charge is 0.328 e. The van der Waals surface area contributed by atoms with E-state index >= 15 is 0 Å². The van der Waals surface area contributed by atoms with E-state index in [-0.39, 0.29) is 12.1 Å². The van der Waals surface area contributed by atoms with Gasteiger partial charge >= 0.3 is 6.03 Å². The van der Waals surface area contributed by atoms with Crippen LogP contribution < -0.4 is 5.73 Å². The van der Waals surface area contributed by atoms with Gasteiger partial charge in [-0.1, -0.05) is 6.92 Å². The van der Waals surface area contributed by atoms with Gasteiger partial charge in [-0.05, 0) is 38.0 Å². The lowest BCUT2D eigenvalue weighted by Gasteiger charge is -2.42. The van der Waals surface area contributed by atoms with E-state index in [9.17, 15) is 4.79 Å². The summed E-state index contributed by atoms with van der Waals surface area (Å²) in [6.07, 6.45) is 5.90. The average Bonchev–Trinajstić information content (AvgIpc) is 2.38. The number of nitrogens with zero attached hydrogens (tertiary/aromatic N) is 2. The van der Waals surface area contributed by atoms with Crippen LogP contribution in [0, 0.1) is 5.92 Å². The van der Waals surface area contributed by atoms with Gasteiger partial charge in [-0.3, -0.25) is 0 Å². The Balaban J connectivity index is 2.00. The van der Waals surface area contributed by atoms with Gasteiger partial charge < -0.3 is 15.5 Å². The smallest absolute Gasteiger partial charge is 0.320 e. The van der Waals surface area contributed by atoms with Crippen LogP contribution >= 0.6 is 0 Å². The van der Waals surface area contributed by atoms with Gasteiger partial charge in [0.1, 0.15) is 0 Å². The summed E-state index contributed by atoms with van der Waals surface area (Å²) in [6.45, 7) is 5.57. The zero-order chi connectivity index (χ0) is 12.3. The predicted octanol–water partition coefficient (Wildman–Crippen LogP) is 1.65. The fraction of sp³-hybridized carbons (Fsp3) is 0.923. The van der Waals surface area contributed by atoms with E-state index in [1.165, 1.54) is 12.8 Å². The van der Waals surface area contributed by atoms with Crippen LogP contribution in [0.3, 0.4) is 0 Å². The molecule has 4 heteroatoms. The Hall–Kier alpha value is -0.770. The average molecular weight is 239 g/mol. The van der Waals surface area contributed by atoms with Crippen molar-refractivity contribution in [1.82, 2.24) is 9.80 Å². The molecule has 2 aliphatic rings. The molecule has 98 valence electrons. The second-order valence-electron chi connectivity index (χ2n) is 5.45. The van der Waals surface area contributed by atoms with Crippen molar-refractivity contribution in [3.05, 3.63) is 0 Å². The van der Waals surface area contributed by atoms with E-state index in [0.717, 1.165) is 38.9 Å². The van der Waals surface area contributed by atoms with Gasteiger partial charge in [-0.25, -0.2) is 4.79 Å². The van der Waals surface area contributed by atoms with Crippen LogP contribution in [-0.2, 0) is 0 Å². The number of rotatable bonds is 1. The van der Waals surface area contributed by atoms with E-state index in [4.69, 9.17) is 5.73 Å². The van der Waals surface area contributed by atoms with Crippen LogP contribution in [0.5, 0.6) is 0 Å². The standard InChI is InChI=1S/C13H25N3O/c1-11-6-5-9-16(12(11)10-14)13(17)15-7-3-2-4-8-15/h11-12H,2-10,14H2,1H3. The summed E-state index contributed by atoms with van der Waals surface area (Å²) >= 11 is 0. The fourth-order valence-electron chi connectivity index (χ4n) is 3.11. The van der Waals surface area contributed by atoms with E-state index in [1.807, 2.05) is 9.80 Å². The van der Waals surface area contributed by atoms with Crippen molar-refractivity contribution in [3.63, 3.8) is 0 Å². The molecule has 2 amide bonds. The van der Waals surface area contributed by atoms with Gasteiger partial charge in [0.15, 0.2) is 0 Å². The molecule has 2 unspecified atom stereocenters. The molecular weight excluding hydrogens is 214 g/mol. The second-order valence-corrected chi connectivity index (χ2v) is 5.45. The summed E-state index contributed by atoms with van der Waals surface area (Å²) < 4.78 is 0. The zero-order valence-corrected chi connectivity index (χ0v) is 10.9. The lowest BCUT2D eigenvalue weighted by Crippen LogP contribution is -2.56. The highest BCUT2D eigenvalue weighted by Crippen LogP contribution is 2.24. The minimum absolute atomic E-state index is 0.228. The summed E-state index contributed by atoms with van der Waals surface area (Å²) in [5.41, 5.74) is 5.84. The van der Waals surface area contributed by atoms with Crippen molar-refractivity contribution in [2.45, 2.75) is 45.1 Å². The lowest BCUT2D eigenvalue weighted by molar-refractivity contribution is 0.0895. The molecule has 2 fully saturated rings. The molecule has 0 spiro atoms. The van der Waals surface area contributed by atoms with Crippen molar-refractivity contribution in [3.8, 4) is 0 Å². The van der Waals surface area contributed by atoms with Gasteiger partial charge in [0.05, 0.1) is 0 Å². The summed E-state index contributed by atoms with van der Waals surface area (Å²) in [5.74, 6) is 0.544. The van der Waals surface area contributed by atoms with Gasteiger partial charge in [0, 0.05) is 32.2 Å². The van der Waals surface area contributed by atoms with Crippen molar-refractivity contribution in [2.24, 2.45) is 11.7 Å². The van der Waals surface area contributed by atoms with Crippen molar-refractivity contribution in [2.75, 3.05) is 26.2 Å². The third-order valence-corrected chi connectivity index (χ3v) is 4.23. The predicted molar refractivity (Wildman–Crippen MR) is 68.8 cm³/mol. The Bertz CT molecular complexity index is 263. The number of likely N-dealkylation sites (tertiary alicyclic amines) is 2. The Morgan fingerprint density at radius 2 is 1.88 bits per heavy atom. The molecule has 0 aromatic carbocycles. The molecule has 0 saturated carbocycles.